The molecule has 1 aliphatic heterocycles. The number of carboxylic acid groups (broad SMARTS) is 1. The number of alkyl halides is 3. The Morgan fingerprint density at radius 1 is 1.35 bits per heavy atom. The highest BCUT2D eigenvalue weighted by atomic mass is 35.5. The summed E-state index contributed by atoms with van der Waals surface area (Å²) in [6.07, 6.45) is -2.80. The first-order valence-corrected chi connectivity index (χ1v) is 7.62. The Morgan fingerprint density at radius 2 is 2.04 bits per heavy atom. The van der Waals surface area contributed by atoms with E-state index in [2.05, 4.69) is 0 Å². The minimum Gasteiger partial charge on any atom is -0.478 e. The van der Waals surface area contributed by atoms with Crippen LogP contribution in [-0.2, 0) is 11.2 Å². The second kappa shape index (κ2) is 6.83. The molecule has 7 heteroatoms. The van der Waals surface area contributed by atoms with Gasteiger partial charge in [0.15, 0.2) is 0 Å². The normalized spacial score (nSPS) is 17.3. The fraction of sp³-hybridized carbons (Fsp3) is 0.438. The van der Waals surface area contributed by atoms with Crippen LogP contribution in [0.2, 0.25) is 5.02 Å². The molecule has 1 unspecified atom stereocenters. The summed E-state index contributed by atoms with van der Waals surface area (Å²) in [5.41, 5.74) is 0.0962. The summed E-state index contributed by atoms with van der Waals surface area (Å²) >= 11 is 6.14. The number of halogens is 4. The molecule has 0 saturated carbocycles. The van der Waals surface area contributed by atoms with E-state index in [1.165, 1.54) is 12.1 Å². The zero-order chi connectivity index (χ0) is 17.2. The van der Waals surface area contributed by atoms with E-state index in [1.807, 2.05) is 6.92 Å². The molecule has 0 amide bonds. The van der Waals surface area contributed by atoms with Gasteiger partial charge in [-0.2, -0.15) is 13.2 Å². The van der Waals surface area contributed by atoms with Crippen molar-refractivity contribution < 1.29 is 27.8 Å². The SMILES string of the molecule is CCCCCc1cc2c(cc1Cl)C=C(C(=O)O)C(C(F)(F)F)O2. The van der Waals surface area contributed by atoms with Crippen LogP contribution in [0.5, 0.6) is 5.75 Å². The second-order valence-electron chi connectivity index (χ2n) is 5.38. The maximum absolute atomic E-state index is 13.0. The zero-order valence-corrected chi connectivity index (χ0v) is 13.2. The lowest BCUT2D eigenvalue weighted by Crippen LogP contribution is -2.40. The van der Waals surface area contributed by atoms with E-state index in [4.69, 9.17) is 21.4 Å². The number of fused-ring (bicyclic) bond motifs is 1. The highest BCUT2D eigenvalue weighted by molar-refractivity contribution is 6.31. The van der Waals surface area contributed by atoms with Gasteiger partial charge in [-0.1, -0.05) is 31.4 Å². The van der Waals surface area contributed by atoms with Crippen molar-refractivity contribution in [3.8, 4) is 5.75 Å². The molecule has 2 rings (SSSR count). The van der Waals surface area contributed by atoms with Gasteiger partial charge < -0.3 is 9.84 Å². The first kappa shape index (κ1) is 17.7. The van der Waals surface area contributed by atoms with E-state index < -0.39 is 23.8 Å². The third-order valence-electron chi connectivity index (χ3n) is 3.61. The molecule has 0 radical (unpaired) electrons. The number of carbonyl (C=O) groups is 1. The lowest BCUT2D eigenvalue weighted by atomic mass is 9.98. The van der Waals surface area contributed by atoms with Crippen LogP contribution in [0.4, 0.5) is 13.2 Å². The van der Waals surface area contributed by atoms with E-state index in [-0.39, 0.29) is 11.3 Å². The Morgan fingerprint density at radius 3 is 2.61 bits per heavy atom. The zero-order valence-electron chi connectivity index (χ0n) is 12.4. The van der Waals surface area contributed by atoms with Gasteiger partial charge in [-0.05, 0) is 36.6 Å². The van der Waals surface area contributed by atoms with Crippen molar-refractivity contribution in [3.63, 3.8) is 0 Å². The Hall–Kier alpha value is -1.69. The molecule has 1 aromatic rings. The summed E-state index contributed by atoms with van der Waals surface area (Å²) in [7, 11) is 0. The summed E-state index contributed by atoms with van der Waals surface area (Å²) in [6, 6.07) is 2.93. The van der Waals surface area contributed by atoms with Gasteiger partial charge in [0.1, 0.15) is 5.75 Å². The Bertz CT molecular complexity index is 638. The van der Waals surface area contributed by atoms with Crippen molar-refractivity contribution >= 4 is 23.6 Å². The Kier molecular flexibility index (Phi) is 5.24. The predicted octanol–water partition coefficient (Wildman–Crippen LogP) is 4.86. The number of unbranched alkanes of at least 4 members (excludes halogenated alkanes) is 2. The fourth-order valence-corrected chi connectivity index (χ4v) is 2.70. The van der Waals surface area contributed by atoms with Crippen molar-refractivity contribution in [1.82, 2.24) is 0 Å². The van der Waals surface area contributed by atoms with Crippen molar-refractivity contribution in [2.24, 2.45) is 0 Å². The predicted molar refractivity (Wildman–Crippen MR) is 80.8 cm³/mol. The molecule has 1 N–H and O–H groups in total. The molecule has 0 spiro atoms. The summed E-state index contributed by atoms with van der Waals surface area (Å²) in [4.78, 5) is 11.1. The first-order chi connectivity index (χ1) is 10.7. The average molecular weight is 349 g/mol. The Balaban J connectivity index is 2.39. The molecule has 1 aliphatic rings. The van der Waals surface area contributed by atoms with Crippen molar-refractivity contribution in [3.05, 3.63) is 33.9 Å². The molecule has 126 valence electrons. The van der Waals surface area contributed by atoms with Crippen molar-refractivity contribution in [2.75, 3.05) is 0 Å². The number of ether oxygens (including phenoxy) is 1. The molecule has 0 aliphatic carbocycles. The van der Waals surface area contributed by atoms with Crippen LogP contribution in [0.15, 0.2) is 17.7 Å². The maximum atomic E-state index is 13.0. The van der Waals surface area contributed by atoms with Crippen LogP contribution < -0.4 is 4.74 Å². The van der Waals surface area contributed by atoms with Crippen LogP contribution in [-0.4, -0.2) is 23.4 Å². The van der Waals surface area contributed by atoms with Crippen LogP contribution in [0.1, 0.15) is 37.3 Å². The van der Waals surface area contributed by atoms with E-state index in [1.54, 1.807) is 0 Å². The van der Waals surface area contributed by atoms with Gasteiger partial charge >= 0.3 is 12.1 Å². The molecule has 0 bridgehead atoms. The fourth-order valence-electron chi connectivity index (χ4n) is 2.43. The third kappa shape index (κ3) is 3.99. The molecule has 0 aromatic heterocycles. The topological polar surface area (TPSA) is 46.5 Å². The minimum absolute atomic E-state index is 0.00761. The van der Waals surface area contributed by atoms with Gasteiger partial charge in [-0.3, -0.25) is 0 Å². The molecular weight excluding hydrogens is 333 g/mol. The summed E-state index contributed by atoms with van der Waals surface area (Å²) < 4.78 is 44.0. The van der Waals surface area contributed by atoms with E-state index in [0.717, 1.165) is 25.3 Å². The maximum Gasteiger partial charge on any atom is 0.430 e. The third-order valence-corrected chi connectivity index (χ3v) is 3.96. The second-order valence-corrected chi connectivity index (χ2v) is 5.79. The molecule has 1 atom stereocenters. The van der Waals surface area contributed by atoms with Gasteiger partial charge in [0.2, 0.25) is 6.10 Å². The Labute approximate surface area is 136 Å². The standard InChI is InChI=1S/C16H16ClF3O3/c1-2-3-4-5-9-8-13-10(7-12(9)17)6-11(15(21)22)14(23-13)16(18,19)20/h6-8,14H,2-5H2,1H3,(H,21,22). The largest absolute Gasteiger partial charge is 0.478 e. The average Bonchev–Trinajstić information content (AvgIpc) is 2.45. The van der Waals surface area contributed by atoms with E-state index in [0.29, 0.717) is 17.0 Å². The molecule has 3 nitrogen and oxygen atoms in total. The van der Waals surface area contributed by atoms with Crippen molar-refractivity contribution in [1.29, 1.82) is 0 Å². The molecule has 1 aromatic carbocycles. The van der Waals surface area contributed by atoms with Crippen molar-refractivity contribution in [2.45, 2.75) is 44.9 Å². The van der Waals surface area contributed by atoms with Gasteiger partial charge in [0.25, 0.3) is 0 Å². The van der Waals surface area contributed by atoms with E-state index >= 15 is 0 Å². The smallest absolute Gasteiger partial charge is 0.430 e. The number of aryl methyl sites for hydroxylation is 1. The number of benzene rings is 1. The number of hydrogen-bond donors (Lipinski definition) is 1. The molecule has 23 heavy (non-hydrogen) atoms. The molecule has 1 heterocycles. The van der Waals surface area contributed by atoms with E-state index in [9.17, 15) is 18.0 Å². The first-order valence-electron chi connectivity index (χ1n) is 7.24. The van der Waals surface area contributed by atoms with Crippen LogP contribution in [0, 0.1) is 0 Å². The lowest BCUT2D eigenvalue weighted by molar-refractivity contribution is -0.187. The monoisotopic (exact) mass is 348 g/mol. The number of aliphatic carboxylic acids is 1. The summed E-state index contributed by atoms with van der Waals surface area (Å²) in [5.74, 6) is -1.66. The molecule has 0 saturated heterocycles. The van der Waals surface area contributed by atoms with Gasteiger partial charge in [0, 0.05) is 10.6 Å². The molecular formula is C16H16ClF3O3. The van der Waals surface area contributed by atoms with Crippen LogP contribution in [0.3, 0.4) is 0 Å². The summed E-state index contributed by atoms with van der Waals surface area (Å²) in [6.45, 7) is 2.05. The highest BCUT2D eigenvalue weighted by Gasteiger charge is 2.48. The highest BCUT2D eigenvalue weighted by Crippen LogP contribution is 2.39. The summed E-state index contributed by atoms with van der Waals surface area (Å²) in [5, 5.41) is 9.38. The minimum atomic E-state index is -4.80. The number of hydrogen-bond acceptors (Lipinski definition) is 2. The molecule has 0 fully saturated rings. The quantitative estimate of drug-likeness (QED) is 0.773. The lowest BCUT2D eigenvalue weighted by Gasteiger charge is -2.27. The van der Waals surface area contributed by atoms with Gasteiger partial charge in [-0.15, -0.1) is 0 Å². The van der Waals surface area contributed by atoms with Crippen LogP contribution >= 0.6 is 11.6 Å². The number of carboxylic acids is 1. The van der Waals surface area contributed by atoms with Crippen LogP contribution in [0.25, 0.3) is 6.08 Å². The van der Waals surface area contributed by atoms with Gasteiger partial charge in [0.05, 0.1) is 5.57 Å². The van der Waals surface area contributed by atoms with Gasteiger partial charge in [-0.25, -0.2) is 4.79 Å². The number of rotatable bonds is 5.